The Bertz CT molecular complexity index is 573. The van der Waals surface area contributed by atoms with Gasteiger partial charge in [-0.05, 0) is 38.2 Å². The van der Waals surface area contributed by atoms with Crippen molar-refractivity contribution < 1.29 is 24.3 Å². The van der Waals surface area contributed by atoms with Crippen LogP contribution in [0.4, 0.5) is 0 Å². The Morgan fingerprint density at radius 3 is 2.07 bits per heavy atom. The number of aryl methyl sites for hydroxylation is 1. The fraction of sp³-hybridized carbons (Fsp3) is 0.609. The standard InChI is InChI=1S/C18H27NO3.C5H12O2/c1-6-12-18(7-2,16-10-8-14(3)9-11-16)17(20)19-15(4)13-22-21-5;1-5(2)4-7-6-3/h6,8-11,15H,1,7,12-13H2,2-5H3,(H,19,20);5H,4H2,1-3H3/t15-,18?;/m1./s1. The summed E-state index contributed by atoms with van der Waals surface area (Å²) in [4.78, 5) is 31.3. The lowest BCUT2D eigenvalue weighted by Crippen LogP contribution is -2.48. The van der Waals surface area contributed by atoms with Crippen molar-refractivity contribution in [2.75, 3.05) is 27.4 Å². The van der Waals surface area contributed by atoms with E-state index in [1.165, 1.54) is 19.8 Å². The molecule has 166 valence electrons. The largest absolute Gasteiger partial charge is 0.350 e. The monoisotopic (exact) mass is 409 g/mol. The van der Waals surface area contributed by atoms with Crippen LogP contribution < -0.4 is 5.32 Å². The minimum Gasteiger partial charge on any atom is -0.350 e. The molecule has 0 bridgehead atoms. The van der Waals surface area contributed by atoms with Gasteiger partial charge in [-0.3, -0.25) is 4.79 Å². The van der Waals surface area contributed by atoms with Crippen LogP contribution in [0.1, 0.15) is 51.7 Å². The van der Waals surface area contributed by atoms with Crippen molar-refractivity contribution in [3.8, 4) is 0 Å². The van der Waals surface area contributed by atoms with Crippen LogP contribution in [0, 0.1) is 12.8 Å². The molecule has 1 amide bonds. The first kappa shape index (κ1) is 27.3. The van der Waals surface area contributed by atoms with Crippen molar-refractivity contribution in [3.05, 3.63) is 48.0 Å². The van der Waals surface area contributed by atoms with Gasteiger partial charge in [0.25, 0.3) is 0 Å². The molecule has 0 heterocycles. The molecule has 0 saturated heterocycles. The summed E-state index contributed by atoms with van der Waals surface area (Å²) in [5.41, 5.74) is 1.59. The van der Waals surface area contributed by atoms with Gasteiger partial charge in [-0.25, -0.2) is 19.6 Å². The fourth-order valence-corrected chi connectivity index (χ4v) is 2.75. The molecule has 0 aliphatic rings. The third kappa shape index (κ3) is 10.0. The molecule has 0 radical (unpaired) electrons. The summed E-state index contributed by atoms with van der Waals surface area (Å²) in [6.07, 6.45) is 3.10. The van der Waals surface area contributed by atoms with Crippen LogP contribution in [0.2, 0.25) is 0 Å². The molecule has 0 spiro atoms. The molecule has 6 nitrogen and oxygen atoms in total. The van der Waals surface area contributed by atoms with Crippen LogP contribution in [-0.2, 0) is 29.8 Å². The summed E-state index contributed by atoms with van der Waals surface area (Å²) in [6, 6.07) is 7.99. The molecular formula is C23H39NO5. The van der Waals surface area contributed by atoms with Crippen LogP contribution in [0.5, 0.6) is 0 Å². The van der Waals surface area contributed by atoms with Gasteiger partial charge in [0.05, 0.1) is 32.3 Å². The maximum Gasteiger partial charge on any atom is 0.231 e. The normalized spacial score (nSPS) is 13.8. The summed E-state index contributed by atoms with van der Waals surface area (Å²) in [6.45, 7) is 14.9. The zero-order valence-electron chi connectivity index (χ0n) is 19.1. The Kier molecular flexibility index (Phi) is 14.3. The van der Waals surface area contributed by atoms with Crippen molar-refractivity contribution in [2.45, 2.75) is 58.9 Å². The van der Waals surface area contributed by atoms with E-state index in [-0.39, 0.29) is 11.9 Å². The number of benzene rings is 1. The molecule has 1 aromatic rings. The Balaban J connectivity index is 0.000000956. The number of rotatable bonds is 12. The Morgan fingerprint density at radius 1 is 1.10 bits per heavy atom. The first-order valence-electron chi connectivity index (χ1n) is 10.1. The highest BCUT2D eigenvalue weighted by Gasteiger charge is 2.37. The number of amides is 1. The lowest BCUT2D eigenvalue weighted by atomic mass is 9.74. The summed E-state index contributed by atoms with van der Waals surface area (Å²) < 4.78 is 0. The number of allylic oxidation sites excluding steroid dienone is 1. The van der Waals surface area contributed by atoms with E-state index in [1.807, 2.05) is 45.0 Å². The molecule has 0 fully saturated rings. The summed E-state index contributed by atoms with van der Waals surface area (Å²) in [5, 5.41) is 3.01. The van der Waals surface area contributed by atoms with Gasteiger partial charge in [-0.15, -0.1) is 6.58 Å². The van der Waals surface area contributed by atoms with Gasteiger partial charge < -0.3 is 5.32 Å². The number of carbonyl (C=O) groups excluding carboxylic acids is 1. The van der Waals surface area contributed by atoms with Gasteiger partial charge in [-0.1, -0.05) is 56.7 Å². The van der Waals surface area contributed by atoms with E-state index in [9.17, 15) is 4.79 Å². The van der Waals surface area contributed by atoms with E-state index < -0.39 is 5.41 Å². The SMILES string of the molecule is C=CCC(CC)(C(=O)N[C@H](C)COOC)c1ccc(C)cc1.COOCC(C)C. The van der Waals surface area contributed by atoms with E-state index in [2.05, 4.69) is 40.4 Å². The molecule has 0 aromatic heterocycles. The Labute approximate surface area is 176 Å². The van der Waals surface area contributed by atoms with Crippen molar-refractivity contribution in [3.63, 3.8) is 0 Å². The van der Waals surface area contributed by atoms with Gasteiger partial charge in [0.15, 0.2) is 0 Å². The fourth-order valence-electron chi connectivity index (χ4n) is 2.75. The molecule has 29 heavy (non-hydrogen) atoms. The topological polar surface area (TPSA) is 66.0 Å². The predicted octanol–water partition coefficient (Wildman–Crippen LogP) is 4.52. The van der Waals surface area contributed by atoms with Gasteiger partial charge in [0, 0.05) is 0 Å². The number of hydrogen-bond acceptors (Lipinski definition) is 5. The second-order valence-corrected chi connectivity index (χ2v) is 7.47. The highest BCUT2D eigenvalue weighted by molar-refractivity contribution is 5.88. The molecule has 2 atom stereocenters. The van der Waals surface area contributed by atoms with E-state index in [0.717, 1.165) is 5.56 Å². The molecule has 0 aliphatic heterocycles. The van der Waals surface area contributed by atoms with Gasteiger partial charge in [0.1, 0.15) is 6.61 Å². The van der Waals surface area contributed by atoms with Crippen molar-refractivity contribution >= 4 is 5.91 Å². The minimum absolute atomic E-state index is 0.00837. The molecular weight excluding hydrogens is 370 g/mol. The number of nitrogens with one attached hydrogen (secondary N) is 1. The smallest absolute Gasteiger partial charge is 0.231 e. The molecule has 6 heteroatoms. The molecule has 0 aliphatic carbocycles. The Hall–Kier alpha value is -1.73. The lowest BCUT2D eigenvalue weighted by Gasteiger charge is -2.32. The maximum atomic E-state index is 12.9. The van der Waals surface area contributed by atoms with Crippen molar-refractivity contribution in [2.24, 2.45) is 5.92 Å². The average molecular weight is 410 g/mol. The second kappa shape index (κ2) is 15.2. The second-order valence-electron chi connectivity index (χ2n) is 7.47. The maximum absolute atomic E-state index is 12.9. The highest BCUT2D eigenvalue weighted by Crippen LogP contribution is 2.33. The number of carbonyl (C=O) groups is 1. The van der Waals surface area contributed by atoms with Crippen LogP contribution in [0.3, 0.4) is 0 Å². The van der Waals surface area contributed by atoms with Crippen LogP contribution in [-0.4, -0.2) is 39.4 Å². The van der Waals surface area contributed by atoms with Crippen molar-refractivity contribution in [1.82, 2.24) is 5.32 Å². The highest BCUT2D eigenvalue weighted by atomic mass is 17.2. The molecule has 1 N–H and O–H groups in total. The molecule has 0 saturated carbocycles. The van der Waals surface area contributed by atoms with E-state index in [4.69, 9.17) is 4.89 Å². The number of hydrogen-bond donors (Lipinski definition) is 1. The van der Waals surface area contributed by atoms with Gasteiger partial charge in [0.2, 0.25) is 5.91 Å². The zero-order valence-corrected chi connectivity index (χ0v) is 19.1. The third-order valence-corrected chi connectivity index (χ3v) is 4.47. The predicted molar refractivity (Wildman–Crippen MR) is 116 cm³/mol. The van der Waals surface area contributed by atoms with E-state index in [0.29, 0.717) is 32.0 Å². The first-order chi connectivity index (χ1) is 13.8. The van der Waals surface area contributed by atoms with Crippen LogP contribution in [0.25, 0.3) is 0 Å². The first-order valence-corrected chi connectivity index (χ1v) is 10.1. The Morgan fingerprint density at radius 2 is 1.66 bits per heavy atom. The quantitative estimate of drug-likeness (QED) is 0.312. The lowest BCUT2D eigenvalue weighted by molar-refractivity contribution is -0.278. The third-order valence-electron chi connectivity index (χ3n) is 4.47. The molecule has 1 aromatic carbocycles. The summed E-state index contributed by atoms with van der Waals surface area (Å²) >= 11 is 0. The minimum atomic E-state index is -0.600. The van der Waals surface area contributed by atoms with E-state index >= 15 is 0 Å². The van der Waals surface area contributed by atoms with Crippen LogP contribution in [0.15, 0.2) is 36.9 Å². The average Bonchev–Trinajstić information content (AvgIpc) is 2.70. The molecule has 1 rings (SSSR count). The van der Waals surface area contributed by atoms with E-state index in [1.54, 1.807) is 6.08 Å². The molecule has 1 unspecified atom stereocenters. The van der Waals surface area contributed by atoms with Gasteiger partial charge in [-0.2, -0.15) is 0 Å². The zero-order chi connectivity index (χ0) is 22.3. The summed E-state index contributed by atoms with van der Waals surface area (Å²) in [7, 11) is 2.97. The van der Waals surface area contributed by atoms with Crippen LogP contribution >= 0.6 is 0 Å². The van der Waals surface area contributed by atoms with Gasteiger partial charge >= 0.3 is 0 Å². The summed E-state index contributed by atoms with van der Waals surface area (Å²) in [5.74, 6) is 0.547. The van der Waals surface area contributed by atoms with Crippen molar-refractivity contribution in [1.29, 1.82) is 0 Å².